The first-order valence-corrected chi connectivity index (χ1v) is 9.36. The van der Waals surface area contributed by atoms with E-state index in [0.717, 1.165) is 51.6 Å². The predicted octanol–water partition coefficient (Wildman–Crippen LogP) is 3.16. The SMILES string of the molecule is CCCCCC(O)CCN1CCC(=O)[C@H]1CC=CCCCC(=O)O. The fourth-order valence-corrected chi connectivity index (χ4v) is 3.13. The average molecular weight is 339 g/mol. The Kier molecular flexibility index (Phi) is 10.6. The maximum atomic E-state index is 12.0. The molecule has 5 nitrogen and oxygen atoms in total. The lowest BCUT2D eigenvalue weighted by Crippen LogP contribution is -2.34. The molecule has 0 saturated carbocycles. The number of likely N-dealkylation sites (tertiary alicyclic amines) is 1. The highest BCUT2D eigenvalue weighted by Crippen LogP contribution is 2.19. The number of ketones is 1. The molecule has 1 unspecified atom stereocenters. The first-order valence-electron chi connectivity index (χ1n) is 9.36. The Hall–Kier alpha value is -1.20. The minimum absolute atomic E-state index is 0.0661. The number of aliphatic hydroxyl groups excluding tert-OH is 1. The topological polar surface area (TPSA) is 77.8 Å². The van der Waals surface area contributed by atoms with Crippen LogP contribution in [0.2, 0.25) is 0 Å². The summed E-state index contributed by atoms with van der Waals surface area (Å²) in [5, 5.41) is 18.6. The van der Waals surface area contributed by atoms with Crippen molar-refractivity contribution in [2.75, 3.05) is 13.1 Å². The van der Waals surface area contributed by atoms with E-state index in [-0.39, 0.29) is 24.3 Å². The molecule has 0 aromatic carbocycles. The minimum Gasteiger partial charge on any atom is -0.481 e. The van der Waals surface area contributed by atoms with Crippen molar-refractivity contribution in [2.45, 2.75) is 83.3 Å². The molecule has 0 amide bonds. The lowest BCUT2D eigenvalue weighted by atomic mass is 10.1. The molecule has 1 heterocycles. The second-order valence-electron chi connectivity index (χ2n) is 6.70. The molecule has 0 aromatic heterocycles. The molecule has 0 aliphatic carbocycles. The zero-order valence-electron chi connectivity index (χ0n) is 15.0. The van der Waals surface area contributed by atoms with Gasteiger partial charge in [0.05, 0.1) is 12.1 Å². The van der Waals surface area contributed by atoms with Gasteiger partial charge in [0, 0.05) is 25.9 Å². The molecule has 0 spiro atoms. The number of nitrogens with zero attached hydrogens (tertiary/aromatic N) is 1. The van der Waals surface area contributed by atoms with Gasteiger partial charge in [0.2, 0.25) is 0 Å². The molecule has 2 N–H and O–H groups in total. The Morgan fingerprint density at radius 2 is 2.08 bits per heavy atom. The number of carboxylic acids is 1. The molecule has 1 rings (SSSR count). The lowest BCUT2D eigenvalue weighted by molar-refractivity contribution is -0.137. The van der Waals surface area contributed by atoms with E-state index >= 15 is 0 Å². The van der Waals surface area contributed by atoms with Crippen LogP contribution in [0.4, 0.5) is 0 Å². The third-order valence-electron chi connectivity index (χ3n) is 4.64. The maximum absolute atomic E-state index is 12.0. The van der Waals surface area contributed by atoms with E-state index in [2.05, 4.69) is 11.8 Å². The maximum Gasteiger partial charge on any atom is 0.303 e. The Labute approximate surface area is 145 Å². The Morgan fingerprint density at radius 3 is 2.79 bits per heavy atom. The van der Waals surface area contributed by atoms with Crippen molar-refractivity contribution in [1.82, 2.24) is 4.90 Å². The number of unbranched alkanes of at least 4 members (excludes halogenated alkanes) is 3. The summed E-state index contributed by atoms with van der Waals surface area (Å²) in [7, 11) is 0. The Bertz CT molecular complexity index is 408. The van der Waals surface area contributed by atoms with E-state index in [9.17, 15) is 14.7 Å². The first kappa shape index (κ1) is 20.8. The van der Waals surface area contributed by atoms with Gasteiger partial charge in [-0.15, -0.1) is 0 Å². The van der Waals surface area contributed by atoms with Gasteiger partial charge in [-0.1, -0.05) is 38.3 Å². The smallest absolute Gasteiger partial charge is 0.303 e. The van der Waals surface area contributed by atoms with Gasteiger partial charge in [0.15, 0.2) is 5.78 Å². The number of hydrogen-bond acceptors (Lipinski definition) is 4. The summed E-state index contributed by atoms with van der Waals surface area (Å²) >= 11 is 0. The highest BCUT2D eigenvalue weighted by Gasteiger charge is 2.31. The van der Waals surface area contributed by atoms with Gasteiger partial charge in [-0.25, -0.2) is 0 Å². The molecule has 1 saturated heterocycles. The van der Waals surface area contributed by atoms with E-state index in [1.54, 1.807) is 0 Å². The lowest BCUT2D eigenvalue weighted by Gasteiger charge is -2.23. The van der Waals surface area contributed by atoms with Gasteiger partial charge in [0.1, 0.15) is 0 Å². The standard InChI is InChI=1S/C19H33NO4/c1-2-3-6-9-16(21)12-14-20-15-13-18(22)17(20)10-7-4-5-8-11-19(23)24/h4,7,16-17,21H,2-3,5-6,8-15H2,1H3,(H,23,24)/t16?,17-/m1/s1. The third-order valence-corrected chi connectivity index (χ3v) is 4.64. The summed E-state index contributed by atoms with van der Waals surface area (Å²) in [6.45, 7) is 3.72. The molecule has 0 radical (unpaired) electrons. The molecule has 1 aliphatic rings. The summed E-state index contributed by atoms with van der Waals surface area (Å²) in [5.41, 5.74) is 0. The van der Waals surface area contributed by atoms with E-state index in [0.29, 0.717) is 19.3 Å². The summed E-state index contributed by atoms with van der Waals surface area (Å²) in [6.07, 6.45) is 11.5. The van der Waals surface area contributed by atoms with Crippen molar-refractivity contribution in [2.24, 2.45) is 0 Å². The number of aliphatic carboxylic acids is 1. The zero-order valence-corrected chi connectivity index (χ0v) is 15.0. The molecule has 2 atom stereocenters. The summed E-state index contributed by atoms with van der Waals surface area (Å²) < 4.78 is 0. The molecular weight excluding hydrogens is 306 g/mol. The molecule has 5 heteroatoms. The number of carbonyl (C=O) groups excluding carboxylic acids is 1. The first-order chi connectivity index (χ1) is 11.5. The van der Waals surface area contributed by atoms with Crippen molar-refractivity contribution in [1.29, 1.82) is 0 Å². The van der Waals surface area contributed by atoms with E-state index in [4.69, 9.17) is 5.11 Å². The largest absolute Gasteiger partial charge is 0.481 e. The third kappa shape index (κ3) is 8.60. The van der Waals surface area contributed by atoms with E-state index in [1.165, 1.54) is 0 Å². The van der Waals surface area contributed by atoms with Crippen LogP contribution < -0.4 is 0 Å². The van der Waals surface area contributed by atoms with Crippen LogP contribution >= 0.6 is 0 Å². The molecule has 0 aromatic rings. The number of aliphatic hydroxyl groups is 1. The molecule has 0 bridgehead atoms. The van der Waals surface area contributed by atoms with Crippen molar-refractivity contribution < 1.29 is 19.8 Å². The highest BCUT2D eigenvalue weighted by atomic mass is 16.4. The summed E-state index contributed by atoms with van der Waals surface area (Å²) in [6, 6.07) is -0.0661. The van der Waals surface area contributed by atoms with Gasteiger partial charge >= 0.3 is 5.97 Å². The molecule has 138 valence electrons. The van der Waals surface area contributed by atoms with Gasteiger partial charge in [-0.3, -0.25) is 14.5 Å². The fourth-order valence-electron chi connectivity index (χ4n) is 3.13. The minimum atomic E-state index is -0.766. The molecule has 1 fully saturated rings. The van der Waals surface area contributed by atoms with Crippen molar-refractivity contribution in [3.05, 3.63) is 12.2 Å². The van der Waals surface area contributed by atoms with Crippen molar-refractivity contribution >= 4 is 11.8 Å². The number of hydrogen-bond donors (Lipinski definition) is 2. The van der Waals surface area contributed by atoms with Gasteiger partial charge in [0.25, 0.3) is 0 Å². The number of rotatable bonds is 13. The van der Waals surface area contributed by atoms with Crippen LogP contribution in [0.3, 0.4) is 0 Å². The van der Waals surface area contributed by atoms with Gasteiger partial charge in [-0.2, -0.15) is 0 Å². The van der Waals surface area contributed by atoms with Crippen LogP contribution in [-0.2, 0) is 9.59 Å². The second kappa shape index (κ2) is 12.2. The monoisotopic (exact) mass is 339 g/mol. The van der Waals surface area contributed by atoms with Crippen LogP contribution in [0.15, 0.2) is 12.2 Å². The van der Waals surface area contributed by atoms with Crippen LogP contribution in [0.5, 0.6) is 0 Å². The van der Waals surface area contributed by atoms with Crippen molar-refractivity contribution in [3.8, 4) is 0 Å². The number of carbonyl (C=O) groups is 2. The van der Waals surface area contributed by atoms with E-state index < -0.39 is 5.97 Å². The number of Topliss-reactive ketones (excluding diaryl/α,β-unsaturated/α-hetero) is 1. The normalized spacial score (nSPS) is 20.1. The quantitative estimate of drug-likeness (QED) is 0.398. The van der Waals surface area contributed by atoms with Crippen LogP contribution in [0, 0.1) is 0 Å². The molecular formula is C19H33NO4. The fraction of sp³-hybridized carbons (Fsp3) is 0.789. The van der Waals surface area contributed by atoms with Crippen LogP contribution in [0.1, 0.15) is 71.1 Å². The van der Waals surface area contributed by atoms with E-state index in [1.807, 2.05) is 12.2 Å². The zero-order chi connectivity index (χ0) is 17.8. The Balaban J connectivity index is 2.27. The van der Waals surface area contributed by atoms with Gasteiger partial charge < -0.3 is 10.2 Å². The number of allylic oxidation sites excluding steroid dienone is 1. The second-order valence-corrected chi connectivity index (χ2v) is 6.70. The average Bonchev–Trinajstić information content (AvgIpc) is 2.89. The number of carboxylic acid groups (broad SMARTS) is 1. The van der Waals surface area contributed by atoms with Crippen LogP contribution in [0.25, 0.3) is 0 Å². The summed E-state index contributed by atoms with van der Waals surface area (Å²) in [5.74, 6) is -0.483. The highest BCUT2D eigenvalue weighted by molar-refractivity contribution is 5.86. The Morgan fingerprint density at radius 1 is 1.29 bits per heavy atom. The molecule has 1 aliphatic heterocycles. The predicted molar refractivity (Wildman–Crippen MR) is 95.0 cm³/mol. The summed E-state index contributed by atoms with van der Waals surface area (Å²) in [4.78, 5) is 24.7. The van der Waals surface area contributed by atoms with Gasteiger partial charge in [-0.05, 0) is 32.1 Å². The molecule has 24 heavy (non-hydrogen) atoms. The van der Waals surface area contributed by atoms with Crippen molar-refractivity contribution in [3.63, 3.8) is 0 Å². The van der Waals surface area contributed by atoms with Crippen LogP contribution in [-0.4, -0.2) is 52.1 Å².